The Bertz CT molecular complexity index is 867. The van der Waals surface area contributed by atoms with E-state index in [2.05, 4.69) is 33.8 Å². The van der Waals surface area contributed by atoms with Crippen molar-refractivity contribution < 1.29 is 9.53 Å². The number of aryl methyl sites for hydroxylation is 1. The number of hydrogen-bond donors (Lipinski definition) is 2. The van der Waals surface area contributed by atoms with Crippen LogP contribution in [0.5, 0.6) is 5.75 Å². The average Bonchev–Trinajstić information content (AvgIpc) is 2.71. The van der Waals surface area contributed by atoms with Gasteiger partial charge in [0, 0.05) is 5.69 Å². The van der Waals surface area contributed by atoms with E-state index < -0.39 is 0 Å². The zero-order valence-electron chi connectivity index (χ0n) is 15.2. The molecule has 0 saturated heterocycles. The van der Waals surface area contributed by atoms with Crippen LogP contribution in [0.1, 0.15) is 18.9 Å². The fourth-order valence-corrected chi connectivity index (χ4v) is 2.54. The summed E-state index contributed by atoms with van der Waals surface area (Å²) in [5.41, 5.74) is 2.21. The Morgan fingerprint density at radius 2 is 1.63 bits per heavy atom. The standard InChI is InChI=1S/C21H22N4O2/c1-2-16-8-6-7-11-18(16)22-19-12-13-20(25-24-19)23-21(26)14-15-27-17-9-4-3-5-10-17/h3-13H,2,14-15H2,1H3,(H,22,24)(H,23,25,26). The van der Waals surface area contributed by atoms with Crippen LogP contribution in [0.25, 0.3) is 0 Å². The molecule has 138 valence electrons. The van der Waals surface area contributed by atoms with Gasteiger partial charge in [-0.2, -0.15) is 0 Å². The molecule has 0 atom stereocenters. The minimum atomic E-state index is -0.169. The predicted molar refractivity (Wildman–Crippen MR) is 106 cm³/mol. The summed E-state index contributed by atoms with van der Waals surface area (Å²) in [5.74, 6) is 1.61. The molecule has 0 saturated carbocycles. The largest absolute Gasteiger partial charge is 0.493 e. The molecule has 2 aromatic carbocycles. The quantitative estimate of drug-likeness (QED) is 0.628. The molecule has 6 nitrogen and oxygen atoms in total. The molecule has 2 N–H and O–H groups in total. The van der Waals surface area contributed by atoms with Crippen LogP contribution in [0.3, 0.4) is 0 Å². The monoisotopic (exact) mass is 362 g/mol. The van der Waals surface area contributed by atoms with Crippen LogP contribution in [-0.2, 0) is 11.2 Å². The number of anilines is 3. The summed E-state index contributed by atoms with van der Waals surface area (Å²) in [7, 11) is 0. The lowest BCUT2D eigenvalue weighted by atomic mass is 10.1. The molecular formula is C21H22N4O2. The van der Waals surface area contributed by atoms with E-state index in [1.54, 1.807) is 12.1 Å². The van der Waals surface area contributed by atoms with Crippen LogP contribution < -0.4 is 15.4 Å². The van der Waals surface area contributed by atoms with Gasteiger partial charge in [-0.1, -0.05) is 43.3 Å². The summed E-state index contributed by atoms with van der Waals surface area (Å²) >= 11 is 0. The van der Waals surface area contributed by atoms with Gasteiger partial charge in [0.25, 0.3) is 0 Å². The zero-order valence-corrected chi connectivity index (χ0v) is 15.2. The number of hydrogen-bond acceptors (Lipinski definition) is 5. The second-order valence-corrected chi connectivity index (χ2v) is 5.90. The lowest BCUT2D eigenvalue weighted by Gasteiger charge is -2.10. The third-order valence-electron chi connectivity index (χ3n) is 3.93. The molecule has 27 heavy (non-hydrogen) atoms. The Morgan fingerprint density at radius 3 is 2.37 bits per heavy atom. The van der Waals surface area contributed by atoms with E-state index in [1.165, 1.54) is 5.56 Å². The normalized spacial score (nSPS) is 10.3. The molecular weight excluding hydrogens is 340 g/mol. The van der Waals surface area contributed by atoms with Gasteiger partial charge >= 0.3 is 0 Å². The van der Waals surface area contributed by atoms with Gasteiger partial charge in [0.05, 0.1) is 13.0 Å². The molecule has 3 rings (SSSR count). The summed E-state index contributed by atoms with van der Waals surface area (Å²) in [6.07, 6.45) is 1.16. The number of nitrogens with one attached hydrogen (secondary N) is 2. The summed E-state index contributed by atoms with van der Waals surface area (Å²) < 4.78 is 5.51. The highest BCUT2D eigenvalue weighted by Gasteiger charge is 2.06. The number of carbonyl (C=O) groups excluding carboxylic acids is 1. The van der Waals surface area contributed by atoms with Crippen molar-refractivity contribution in [2.45, 2.75) is 19.8 Å². The minimum Gasteiger partial charge on any atom is -0.493 e. The highest BCUT2D eigenvalue weighted by Crippen LogP contribution is 2.20. The Morgan fingerprint density at radius 1 is 0.926 bits per heavy atom. The van der Waals surface area contributed by atoms with E-state index in [9.17, 15) is 4.79 Å². The topological polar surface area (TPSA) is 76.1 Å². The van der Waals surface area contributed by atoms with Crippen molar-refractivity contribution in [3.05, 3.63) is 72.3 Å². The molecule has 0 unspecified atom stereocenters. The van der Waals surface area contributed by atoms with Crippen LogP contribution in [0.2, 0.25) is 0 Å². The van der Waals surface area contributed by atoms with Crippen LogP contribution in [0.15, 0.2) is 66.7 Å². The fourth-order valence-electron chi connectivity index (χ4n) is 2.54. The lowest BCUT2D eigenvalue weighted by Crippen LogP contribution is -2.16. The van der Waals surface area contributed by atoms with Crippen LogP contribution in [0, 0.1) is 0 Å². The van der Waals surface area contributed by atoms with Gasteiger partial charge in [0.1, 0.15) is 5.75 Å². The summed E-state index contributed by atoms with van der Waals surface area (Å²) in [5, 5.41) is 14.1. The van der Waals surface area contributed by atoms with E-state index in [-0.39, 0.29) is 12.3 Å². The van der Waals surface area contributed by atoms with Crippen molar-refractivity contribution >= 4 is 23.2 Å². The number of benzene rings is 2. The van der Waals surface area contributed by atoms with E-state index in [0.717, 1.165) is 17.9 Å². The van der Waals surface area contributed by atoms with E-state index in [4.69, 9.17) is 4.74 Å². The van der Waals surface area contributed by atoms with Crippen LogP contribution >= 0.6 is 0 Å². The van der Waals surface area contributed by atoms with Gasteiger partial charge < -0.3 is 15.4 Å². The molecule has 1 aromatic heterocycles. The fraction of sp³-hybridized carbons (Fsp3) is 0.190. The summed E-state index contributed by atoms with van der Waals surface area (Å²) in [6.45, 7) is 2.41. The zero-order chi connectivity index (χ0) is 18.9. The van der Waals surface area contributed by atoms with Gasteiger partial charge in [0.15, 0.2) is 11.6 Å². The summed E-state index contributed by atoms with van der Waals surface area (Å²) in [4.78, 5) is 12.0. The van der Waals surface area contributed by atoms with E-state index >= 15 is 0 Å². The SMILES string of the molecule is CCc1ccccc1Nc1ccc(NC(=O)CCOc2ccccc2)nn1. The number of amides is 1. The maximum Gasteiger partial charge on any atom is 0.229 e. The number of para-hydroxylation sites is 2. The van der Waals surface area contributed by atoms with Crippen LogP contribution in [0.4, 0.5) is 17.3 Å². The van der Waals surface area contributed by atoms with Gasteiger partial charge in [-0.25, -0.2) is 0 Å². The third kappa shape index (κ3) is 5.54. The van der Waals surface area contributed by atoms with Crippen molar-refractivity contribution in [3.63, 3.8) is 0 Å². The Kier molecular flexibility index (Phi) is 6.35. The molecule has 1 amide bonds. The number of nitrogens with zero attached hydrogens (tertiary/aromatic N) is 2. The first-order valence-corrected chi connectivity index (χ1v) is 8.91. The van der Waals surface area contributed by atoms with Gasteiger partial charge in [-0.15, -0.1) is 10.2 Å². The number of aromatic nitrogens is 2. The van der Waals surface area contributed by atoms with Gasteiger partial charge in [-0.3, -0.25) is 4.79 Å². The molecule has 0 spiro atoms. The smallest absolute Gasteiger partial charge is 0.229 e. The first kappa shape index (κ1) is 18.4. The first-order valence-electron chi connectivity index (χ1n) is 8.91. The van der Waals surface area contributed by atoms with Crippen molar-refractivity contribution in [1.82, 2.24) is 10.2 Å². The molecule has 0 aliphatic heterocycles. The average molecular weight is 362 g/mol. The molecule has 1 heterocycles. The Balaban J connectivity index is 1.49. The maximum absolute atomic E-state index is 12.0. The lowest BCUT2D eigenvalue weighted by molar-refractivity contribution is -0.116. The van der Waals surface area contributed by atoms with Crippen molar-refractivity contribution in [3.8, 4) is 5.75 Å². The van der Waals surface area contributed by atoms with Crippen molar-refractivity contribution in [1.29, 1.82) is 0 Å². The minimum absolute atomic E-state index is 0.169. The number of ether oxygens (including phenoxy) is 1. The molecule has 3 aromatic rings. The summed E-state index contributed by atoms with van der Waals surface area (Å²) in [6, 6.07) is 21.0. The van der Waals surface area contributed by atoms with Crippen molar-refractivity contribution in [2.75, 3.05) is 17.2 Å². The molecule has 0 aliphatic rings. The van der Waals surface area contributed by atoms with Crippen molar-refractivity contribution in [2.24, 2.45) is 0 Å². The van der Waals surface area contributed by atoms with Gasteiger partial charge in [-0.05, 0) is 42.3 Å². The highest BCUT2D eigenvalue weighted by molar-refractivity contribution is 5.89. The molecule has 0 bridgehead atoms. The molecule has 0 radical (unpaired) electrons. The van der Waals surface area contributed by atoms with Gasteiger partial charge in [0.2, 0.25) is 5.91 Å². The number of rotatable bonds is 8. The predicted octanol–water partition coefficient (Wildman–Crippen LogP) is 4.19. The second kappa shape index (κ2) is 9.33. The molecule has 0 aliphatic carbocycles. The maximum atomic E-state index is 12.0. The molecule has 6 heteroatoms. The van der Waals surface area contributed by atoms with E-state index in [1.807, 2.05) is 48.5 Å². The number of carbonyl (C=O) groups is 1. The second-order valence-electron chi connectivity index (χ2n) is 5.90. The van der Waals surface area contributed by atoms with E-state index in [0.29, 0.717) is 18.2 Å². The third-order valence-corrected chi connectivity index (χ3v) is 3.93. The highest BCUT2D eigenvalue weighted by atomic mass is 16.5. The van der Waals surface area contributed by atoms with Crippen LogP contribution in [-0.4, -0.2) is 22.7 Å². The Hall–Kier alpha value is -3.41. The molecule has 0 fully saturated rings. The Labute approximate surface area is 158 Å². The first-order chi connectivity index (χ1) is 13.2.